The number of H-pyrrole nitrogens is 1. The molecule has 2 rings (SSSR count). The molecule has 2 N–H and O–H groups in total. The van der Waals surface area contributed by atoms with Crippen LogP contribution in [0.25, 0.3) is 10.9 Å². The van der Waals surface area contributed by atoms with Crippen LogP contribution in [0.3, 0.4) is 0 Å². The molecule has 0 unspecified atom stereocenters. The van der Waals surface area contributed by atoms with Crippen LogP contribution < -0.4 is 0 Å². The van der Waals surface area contributed by atoms with Crippen LogP contribution in [-0.2, 0) is 0 Å². The summed E-state index contributed by atoms with van der Waals surface area (Å²) in [4.78, 5) is 13.3. The molecule has 0 bridgehead atoms. The van der Waals surface area contributed by atoms with Gasteiger partial charge in [0.1, 0.15) is 5.82 Å². The van der Waals surface area contributed by atoms with Gasteiger partial charge in [-0.25, -0.2) is 9.18 Å². The van der Waals surface area contributed by atoms with E-state index in [1.165, 1.54) is 12.1 Å². The van der Waals surface area contributed by atoms with Crippen molar-refractivity contribution in [1.82, 2.24) is 4.98 Å². The van der Waals surface area contributed by atoms with Gasteiger partial charge in [0.05, 0.1) is 5.56 Å². The molecular weight excluding hydrogens is 197 g/mol. The summed E-state index contributed by atoms with van der Waals surface area (Å²) >= 11 is 0. The third-order valence-corrected chi connectivity index (χ3v) is 1.87. The van der Waals surface area contributed by atoms with Gasteiger partial charge in [-0.3, -0.25) is 0 Å². The third-order valence-electron chi connectivity index (χ3n) is 1.87. The Hall–Kier alpha value is -1.84. The van der Waals surface area contributed by atoms with Gasteiger partial charge in [0.2, 0.25) is 0 Å². The first-order valence-electron chi connectivity index (χ1n) is 4.68. The molecule has 0 fully saturated rings. The van der Waals surface area contributed by atoms with Crippen molar-refractivity contribution in [1.29, 1.82) is 0 Å². The lowest BCUT2D eigenvalue weighted by Crippen LogP contribution is -1.99. The van der Waals surface area contributed by atoms with E-state index in [1.807, 2.05) is 13.8 Å². The van der Waals surface area contributed by atoms with Crippen molar-refractivity contribution in [3.8, 4) is 0 Å². The normalized spacial score (nSPS) is 9.53. The zero-order valence-corrected chi connectivity index (χ0v) is 8.54. The Morgan fingerprint density at radius 3 is 2.67 bits per heavy atom. The van der Waals surface area contributed by atoms with Crippen LogP contribution in [0.2, 0.25) is 0 Å². The van der Waals surface area contributed by atoms with E-state index in [0.717, 1.165) is 0 Å². The van der Waals surface area contributed by atoms with Crippen LogP contribution in [0.1, 0.15) is 24.2 Å². The van der Waals surface area contributed by atoms with Gasteiger partial charge in [-0.1, -0.05) is 13.8 Å². The van der Waals surface area contributed by atoms with Gasteiger partial charge in [0.25, 0.3) is 0 Å². The maximum atomic E-state index is 13.0. The number of benzene rings is 1. The molecular formula is C11H12FNO2. The van der Waals surface area contributed by atoms with Crippen molar-refractivity contribution in [2.75, 3.05) is 0 Å². The number of aromatic nitrogens is 1. The average Bonchev–Trinajstić information content (AvgIpc) is 2.66. The van der Waals surface area contributed by atoms with E-state index in [-0.39, 0.29) is 5.56 Å². The van der Waals surface area contributed by atoms with Gasteiger partial charge in [0, 0.05) is 17.1 Å². The smallest absolute Gasteiger partial charge is 0.338 e. The Labute approximate surface area is 86.5 Å². The molecule has 80 valence electrons. The van der Waals surface area contributed by atoms with Crippen LogP contribution in [0, 0.1) is 5.82 Å². The first kappa shape index (κ1) is 11.2. The van der Waals surface area contributed by atoms with Gasteiger partial charge >= 0.3 is 5.97 Å². The fourth-order valence-electron chi connectivity index (χ4n) is 1.24. The Morgan fingerprint density at radius 1 is 1.40 bits per heavy atom. The number of hydrogen-bond acceptors (Lipinski definition) is 1. The average molecular weight is 209 g/mol. The van der Waals surface area contributed by atoms with Crippen molar-refractivity contribution in [2.45, 2.75) is 13.8 Å². The molecule has 15 heavy (non-hydrogen) atoms. The van der Waals surface area contributed by atoms with Crippen molar-refractivity contribution in [3.05, 3.63) is 35.8 Å². The summed E-state index contributed by atoms with van der Waals surface area (Å²) in [7, 11) is 0. The number of halogens is 1. The van der Waals surface area contributed by atoms with Crippen LogP contribution in [0.15, 0.2) is 24.4 Å². The van der Waals surface area contributed by atoms with Crippen LogP contribution in [0.4, 0.5) is 4.39 Å². The Balaban J connectivity index is 0.000000531. The molecule has 2 aromatic rings. The fourth-order valence-corrected chi connectivity index (χ4v) is 1.24. The fraction of sp³-hybridized carbons (Fsp3) is 0.182. The number of aromatic carboxylic acids is 1. The Kier molecular flexibility index (Phi) is 3.44. The minimum Gasteiger partial charge on any atom is -0.478 e. The monoisotopic (exact) mass is 209 g/mol. The Bertz CT molecular complexity index is 476. The van der Waals surface area contributed by atoms with E-state index < -0.39 is 11.8 Å². The van der Waals surface area contributed by atoms with Gasteiger partial charge in [-0.2, -0.15) is 0 Å². The van der Waals surface area contributed by atoms with Crippen molar-refractivity contribution in [2.24, 2.45) is 0 Å². The zero-order valence-electron chi connectivity index (χ0n) is 8.54. The summed E-state index contributed by atoms with van der Waals surface area (Å²) in [5, 5.41) is 9.31. The maximum absolute atomic E-state index is 13.0. The van der Waals surface area contributed by atoms with Gasteiger partial charge in [-0.05, 0) is 18.2 Å². The first-order valence-corrected chi connectivity index (χ1v) is 4.68. The van der Waals surface area contributed by atoms with Crippen molar-refractivity contribution < 1.29 is 14.3 Å². The standard InChI is InChI=1S/C9H6FNO2.C2H6/c10-7-4-8-5(1-2-11-8)3-6(7)9(12)13;1-2/h1-4,11H,(H,12,13);1-2H3. The molecule has 0 aliphatic carbocycles. The molecule has 0 spiro atoms. The minimum atomic E-state index is -1.25. The summed E-state index contributed by atoms with van der Waals surface area (Å²) in [5.41, 5.74) is 0.301. The predicted octanol–water partition coefficient (Wildman–Crippen LogP) is 3.03. The molecule has 1 heterocycles. The number of hydrogen-bond donors (Lipinski definition) is 2. The second-order valence-electron chi connectivity index (χ2n) is 2.70. The van der Waals surface area contributed by atoms with Gasteiger partial charge < -0.3 is 10.1 Å². The lowest BCUT2D eigenvalue weighted by Gasteiger charge is -1.96. The number of carboxylic acid groups (broad SMARTS) is 1. The van der Waals surface area contributed by atoms with Crippen LogP contribution in [-0.4, -0.2) is 16.1 Å². The van der Waals surface area contributed by atoms with E-state index in [9.17, 15) is 9.18 Å². The lowest BCUT2D eigenvalue weighted by molar-refractivity contribution is 0.0692. The number of fused-ring (bicyclic) bond motifs is 1. The summed E-state index contributed by atoms with van der Waals surface area (Å²) in [6.07, 6.45) is 1.63. The molecule has 4 heteroatoms. The zero-order chi connectivity index (χ0) is 11.4. The van der Waals surface area contributed by atoms with E-state index in [2.05, 4.69) is 4.98 Å². The molecule has 0 atom stereocenters. The first-order chi connectivity index (χ1) is 7.18. The molecule has 3 nitrogen and oxygen atoms in total. The highest BCUT2D eigenvalue weighted by Gasteiger charge is 2.11. The summed E-state index contributed by atoms with van der Waals surface area (Å²) in [5.74, 6) is -1.97. The summed E-state index contributed by atoms with van der Waals surface area (Å²) < 4.78 is 13.0. The third kappa shape index (κ3) is 2.15. The van der Waals surface area contributed by atoms with E-state index >= 15 is 0 Å². The quantitative estimate of drug-likeness (QED) is 0.758. The number of carboxylic acids is 1. The lowest BCUT2D eigenvalue weighted by atomic mass is 10.1. The molecule has 0 saturated heterocycles. The number of carbonyl (C=O) groups is 1. The molecule has 1 aromatic carbocycles. The number of aromatic amines is 1. The molecule has 0 amide bonds. The SMILES string of the molecule is CC.O=C(O)c1cc2cc[nH]c2cc1F. The van der Waals surface area contributed by atoms with Gasteiger partial charge in [-0.15, -0.1) is 0 Å². The maximum Gasteiger partial charge on any atom is 0.338 e. The number of nitrogens with one attached hydrogen (secondary N) is 1. The van der Waals surface area contributed by atoms with E-state index in [0.29, 0.717) is 10.9 Å². The molecule has 1 aromatic heterocycles. The highest BCUT2D eigenvalue weighted by atomic mass is 19.1. The van der Waals surface area contributed by atoms with Crippen molar-refractivity contribution >= 4 is 16.9 Å². The molecule has 0 aliphatic rings. The Morgan fingerprint density at radius 2 is 2.07 bits per heavy atom. The van der Waals surface area contributed by atoms with Crippen molar-refractivity contribution in [3.63, 3.8) is 0 Å². The summed E-state index contributed by atoms with van der Waals surface area (Å²) in [6.45, 7) is 4.00. The largest absolute Gasteiger partial charge is 0.478 e. The second kappa shape index (κ2) is 4.59. The minimum absolute atomic E-state index is 0.299. The second-order valence-corrected chi connectivity index (χ2v) is 2.70. The van der Waals surface area contributed by atoms with Crippen LogP contribution in [0.5, 0.6) is 0 Å². The molecule has 0 aliphatic heterocycles. The highest BCUT2D eigenvalue weighted by Crippen LogP contribution is 2.17. The molecule has 0 radical (unpaired) electrons. The molecule has 0 saturated carbocycles. The number of rotatable bonds is 1. The summed E-state index contributed by atoms with van der Waals surface area (Å²) in [6, 6.07) is 4.18. The predicted molar refractivity (Wildman–Crippen MR) is 56.6 cm³/mol. The van der Waals surface area contributed by atoms with E-state index in [4.69, 9.17) is 5.11 Å². The highest BCUT2D eigenvalue weighted by molar-refractivity contribution is 5.93. The van der Waals surface area contributed by atoms with E-state index in [1.54, 1.807) is 12.3 Å². The van der Waals surface area contributed by atoms with Crippen LogP contribution >= 0.6 is 0 Å². The van der Waals surface area contributed by atoms with Gasteiger partial charge in [0.15, 0.2) is 0 Å². The topological polar surface area (TPSA) is 53.1 Å².